The van der Waals surface area contributed by atoms with Gasteiger partial charge in [-0.05, 0) is 24.6 Å². The van der Waals surface area contributed by atoms with E-state index in [1.807, 2.05) is 0 Å². The second-order valence-electron chi connectivity index (χ2n) is 4.01. The molecule has 20 heavy (non-hydrogen) atoms. The number of hydrogen-bond donors (Lipinski definition) is 1. The van der Waals surface area contributed by atoms with Gasteiger partial charge in [-0.25, -0.2) is 14.5 Å². The molecule has 106 valence electrons. The van der Waals surface area contributed by atoms with Crippen molar-refractivity contribution in [3.8, 4) is 5.82 Å². The number of halogens is 3. The molecule has 0 spiro atoms. The maximum absolute atomic E-state index is 12.5. The van der Waals surface area contributed by atoms with Crippen LogP contribution in [-0.2, 0) is 12.6 Å². The molecule has 0 saturated heterocycles. The molecule has 0 aromatic carbocycles. The Morgan fingerprint density at radius 3 is 2.60 bits per heavy atom. The first-order chi connectivity index (χ1) is 9.31. The van der Waals surface area contributed by atoms with E-state index in [-0.39, 0.29) is 11.4 Å². The van der Waals surface area contributed by atoms with Crippen LogP contribution in [0.15, 0.2) is 24.4 Å². The van der Waals surface area contributed by atoms with Crippen molar-refractivity contribution in [1.29, 1.82) is 0 Å². The Balaban J connectivity index is 2.49. The molecular formula is C12H10F3N3O2. The average Bonchev–Trinajstić information content (AvgIpc) is 2.87. The lowest BCUT2D eigenvalue weighted by Gasteiger charge is -2.06. The van der Waals surface area contributed by atoms with E-state index in [4.69, 9.17) is 5.11 Å². The van der Waals surface area contributed by atoms with E-state index in [2.05, 4.69) is 10.1 Å². The van der Waals surface area contributed by atoms with Crippen molar-refractivity contribution in [3.63, 3.8) is 0 Å². The zero-order valence-electron chi connectivity index (χ0n) is 10.3. The smallest absolute Gasteiger partial charge is 0.435 e. The quantitative estimate of drug-likeness (QED) is 0.941. The summed E-state index contributed by atoms with van der Waals surface area (Å²) in [5, 5.41) is 12.3. The molecular weight excluding hydrogens is 275 g/mol. The normalized spacial score (nSPS) is 11.6. The second-order valence-corrected chi connectivity index (χ2v) is 4.01. The lowest BCUT2D eigenvalue weighted by Crippen LogP contribution is -2.09. The van der Waals surface area contributed by atoms with E-state index in [9.17, 15) is 18.0 Å². The fraction of sp³-hybridized carbons (Fsp3) is 0.250. The van der Waals surface area contributed by atoms with Crippen molar-refractivity contribution >= 4 is 5.97 Å². The summed E-state index contributed by atoms with van der Waals surface area (Å²) in [5.41, 5.74) is -0.641. The van der Waals surface area contributed by atoms with Crippen LogP contribution in [0.3, 0.4) is 0 Å². The minimum Gasteiger partial charge on any atom is -0.478 e. The summed E-state index contributed by atoms with van der Waals surface area (Å²) in [4.78, 5) is 15.0. The van der Waals surface area contributed by atoms with E-state index in [0.717, 1.165) is 16.9 Å². The van der Waals surface area contributed by atoms with Gasteiger partial charge in [-0.2, -0.15) is 18.3 Å². The van der Waals surface area contributed by atoms with Gasteiger partial charge in [0.2, 0.25) is 0 Å². The zero-order valence-corrected chi connectivity index (χ0v) is 10.3. The highest BCUT2D eigenvalue weighted by Crippen LogP contribution is 2.27. The van der Waals surface area contributed by atoms with Crippen LogP contribution in [0.4, 0.5) is 13.2 Å². The van der Waals surface area contributed by atoms with Crippen LogP contribution in [0.5, 0.6) is 0 Å². The third kappa shape index (κ3) is 2.79. The first-order valence-corrected chi connectivity index (χ1v) is 5.68. The van der Waals surface area contributed by atoms with Crippen LogP contribution < -0.4 is 0 Å². The molecule has 0 radical (unpaired) electrons. The van der Waals surface area contributed by atoms with E-state index >= 15 is 0 Å². The third-order valence-corrected chi connectivity index (χ3v) is 2.59. The van der Waals surface area contributed by atoms with Gasteiger partial charge in [-0.1, -0.05) is 6.92 Å². The van der Waals surface area contributed by atoms with Crippen LogP contribution in [0.1, 0.15) is 28.7 Å². The van der Waals surface area contributed by atoms with Crippen LogP contribution >= 0.6 is 0 Å². The molecule has 0 bridgehead atoms. The molecule has 8 heteroatoms. The van der Waals surface area contributed by atoms with E-state index < -0.39 is 17.8 Å². The van der Waals surface area contributed by atoms with Crippen molar-refractivity contribution in [2.45, 2.75) is 19.5 Å². The van der Waals surface area contributed by atoms with Crippen molar-refractivity contribution < 1.29 is 23.1 Å². The number of aryl methyl sites for hydroxylation is 1. The van der Waals surface area contributed by atoms with Crippen molar-refractivity contribution in [2.24, 2.45) is 0 Å². The van der Waals surface area contributed by atoms with Gasteiger partial charge in [0, 0.05) is 11.9 Å². The fourth-order valence-electron chi connectivity index (χ4n) is 1.60. The molecule has 0 saturated carbocycles. The van der Waals surface area contributed by atoms with Gasteiger partial charge < -0.3 is 5.11 Å². The molecule has 2 aromatic rings. The van der Waals surface area contributed by atoms with Crippen molar-refractivity contribution in [3.05, 3.63) is 41.3 Å². The number of pyridine rings is 1. The Kier molecular flexibility index (Phi) is 3.47. The molecule has 0 aliphatic carbocycles. The molecule has 5 nitrogen and oxygen atoms in total. The molecule has 0 fully saturated rings. The van der Waals surface area contributed by atoms with Gasteiger partial charge in [-0.3, -0.25) is 0 Å². The first kappa shape index (κ1) is 14.0. The average molecular weight is 285 g/mol. The highest BCUT2D eigenvalue weighted by atomic mass is 19.4. The largest absolute Gasteiger partial charge is 0.478 e. The summed E-state index contributed by atoms with van der Waals surface area (Å²) in [7, 11) is 0. The third-order valence-electron chi connectivity index (χ3n) is 2.59. The Morgan fingerprint density at radius 2 is 2.10 bits per heavy atom. The molecule has 2 rings (SSSR count). The SMILES string of the molecule is CCc1cc(C(=O)O)cc(-n2ccc(C(F)(F)F)n2)n1. The Hall–Kier alpha value is -2.38. The summed E-state index contributed by atoms with van der Waals surface area (Å²) >= 11 is 0. The van der Waals surface area contributed by atoms with Crippen LogP contribution in [0.25, 0.3) is 5.82 Å². The number of nitrogens with zero attached hydrogens (tertiary/aromatic N) is 3. The van der Waals surface area contributed by atoms with Crippen LogP contribution in [-0.4, -0.2) is 25.8 Å². The summed E-state index contributed by atoms with van der Waals surface area (Å²) in [5.74, 6) is -1.14. The summed E-state index contributed by atoms with van der Waals surface area (Å²) < 4.78 is 38.3. The highest BCUT2D eigenvalue weighted by molar-refractivity contribution is 5.88. The summed E-state index contributed by atoms with van der Waals surface area (Å²) in [6, 6.07) is 3.36. The van der Waals surface area contributed by atoms with Gasteiger partial charge in [0.05, 0.1) is 5.56 Å². The Bertz CT molecular complexity index is 650. The number of hydrogen-bond acceptors (Lipinski definition) is 3. The molecule has 2 heterocycles. The van der Waals surface area contributed by atoms with E-state index in [0.29, 0.717) is 12.1 Å². The number of carboxylic acid groups (broad SMARTS) is 1. The number of rotatable bonds is 3. The lowest BCUT2D eigenvalue weighted by molar-refractivity contribution is -0.141. The number of aromatic nitrogens is 3. The van der Waals surface area contributed by atoms with E-state index in [1.165, 1.54) is 12.1 Å². The molecule has 0 atom stereocenters. The maximum Gasteiger partial charge on any atom is 0.435 e. The lowest BCUT2D eigenvalue weighted by atomic mass is 10.2. The molecule has 0 unspecified atom stereocenters. The maximum atomic E-state index is 12.5. The molecule has 2 aromatic heterocycles. The minimum atomic E-state index is -4.55. The van der Waals surface area contributed by atoms with Gasteiger partial charge in [0.25, 0.3) is 0 Å². The van der Waals surface area contributed by atoms with Gasteiger partial charge >= 0.3 is 12.1 Å². The van der Waals surface area contributed by atoms with Gasteiger partial charge in [0.15, 0.2) is 11.5 Å². The predicted octanol–water partition coefficient (Wildman–Crippen LogP) is 2.55. The van der Waals surface area contributed by atoms with Crippen molar-refractivity contribution in [2.75, 3.05) is 0 Å². The summed E-state index contributed by atoms with van der Waals surface area (Å²) in [6.07, 6.45) is -3.00. The standard InChI is InChI=1S/C12H10F3N3O2/c1-2-8-5-7(11(19)20)6-10(16-8)18-4-3-9(17-18)12(13,14)15/h3-6H,2H2,1H3,(H,19,20). The van der Waals surface area contributed by atoms with Gasteiger partial charge in [0.1, 0.15) is 0 Å². The topological polar surface area (TPSA) is 68.0 Å². The molecule has 0 aliphatic rings. The van der Waals surface area contributed by atoms with Crippen LogP contribution in [0, 0.1) is 0 Å². The predicted molar refractivity (Wildman–Crippen MR) is 62.7 cm³/mol. The highest BCUT2D eigenvalue weighted by Gasteiger charge is 2.33. The number of carbonyl (C=O) groups is 1. The number of aromatic carboxylic acids is 1. The Labute approximate surface area is 111 Å². The van der Waals surface area contributed by atoms with E-state index in [1.54, 1.807) is 6.92 Å². The summed E-state index contributed by atoms with van der Waals surface area (Å²) in [6.45, 7) is 1.77. The minimum absolute atomic E-state index is 0.0391. The van der Waals surface area contributed by atoms with Crippen molar-refractivity contribution in [1.82, 2.24) is 14.8 Å². The monoisotopic (exact) mass is 285 g/mol. The number of alkyl halides is 3. The van der Waals surface area contributed by atoms with Crippen LogP contribution in [0.2, 0.25) is 0 Å². The molecule has 1 N–H and O–H groups in total. The second kappa shape index (κ2) is 4.95. The molecule has 0 aliphatic heterocycles. The number of carboxylic acids is 1. The fourth-order valence-corrected chi connectivity index (χ4v) is 1.60. The first-order valence-electron chi connectivity index (χ1n) is 5.68. The Morgan fingerprint density at radius 1 is 1.40 bits per heavy atom. The zero-order chi connectivity index (χ0) is 14.9. The van der Waals surface area contributed by atoms with Gasteiger partial charge in [-0.15, -0.1) is 0 Å². The molecule has 0 amide bonds.